The number of nitrogens with one attached hydrogen (secondary N) is 1. The van der Waals surface area contributed by atoms with E-state index >= 15 is 0 Å². The Morgan fingerprint density at radius 1 is 1.21 bits per heavy atom. The van der Waals surface area contributed by atoms with Crippen LogP contribution in [0.5, 0.6) is 5.75 Å². The van der Waals surface area contributed by atoms with Crippen molar-refractivity contribution in [3.8, 4) is 11.8 Å². The van der Waals surface area contributed by atoms with E-state index in [4.69, 9.17) is 10.00 Å². The highest BCUT2D eigenvalue weighted by Crippen LogP contribution is 2.20. The van der Waals surface area contributed by atoms with Crippen LogP contribution in [0.1, 0.15) is 23.6 Å². The van der Waals surface area contributed by atoms with Crippen LogP contribution in [0.2, 0.25) is 0 Å². The average Bonchev–Trinajstić information content (AvgIpc) is 2.61. The minimum Gasteiger partial charge on any atom is -0.496 e. The van der Waals surface area contributed by atoms with Crippen molar-refractivity contribution in [1.82, 2.24) is 4.72 Å². The molecule has 0 amide bonds. The highest BCUT2D eigenvalue weighted by atomic mass is 32.2. The zero-order valence-corrected chi connectivity index (χ0v) is 14.6. The fourth-order valence-electron chi connectivity index (χ4n) is 2.46. The fourth-order valence-corrected chi connectivity index (χ4v) is 3.65. The quantitative estimate of drug-likeness (QED) is 0.837. The summed E-state index contributed by atoms with van der Waals surface area (Å²) in [6.45, 7) is 2.31. The second-order valence-electron chi connectivity index (χ2n) is 5.26. The predicted octanol–water partition coefficient (Wildman–Crippen LogP) is 2.65. The Bertz CT molecular complexity index is 855. The summed E-state index contributed by atoms with van der Waals surface area (Å²) in [4.78, 5) is 0.0106. The van der Waals surface area contributed by atoms with Crippen molar-refractivity contribution >= 4 is 10.0 Å². The Hall–Kier alpha value is -2.36. The van der Waals surface area contributed by atoms with Gasteiger partial charge in [0.05, 0.1) is 17.6 Å². The van der Waals surface area contributed by atoms with Crippen molar-refractivity contribution in [1.29, 1.82) is 5.26 Å². The van der Waals surface area contributed by atoms with Crippen molar-refractivity contribution in [2.45, 2.75) is 24.7 Å². The number of methoxy groups -OCH3 is 1. The first-order valence-electron chi connectivity index (χ1n) is 7.66. The molecule has 2 aromatic carbocycles. The number of hydrogen-bond acceptors (Lipinski definition) is 4. The first-order valence-corrected chi connectivity index (χ1v) is 9.14. The number of nitrogens with zero attached hydrogens (tertiary/aromatic N) is 1. The molecule has 0 bridgehead atoms. The predicted molar refractivity (Wildman–Crippen MR) is 92.4 cm³/mol. The molecule has 0 fully saturated rings. The van der Waals surface area contributed by atoms with Gasteiger partial charge in [-0.1, -0.05) is 31.2 Å². The number of ether oxygens (including phenoxy) is 1. The van der Waals surface area contributed by atoms with E-state index < -0.39 is 10.0 Å². The number of aryl methyl sites for hydroxylation is 1. The van der Waals surface area contributed by atoms with Crippen molar-refractivity contribution in [3.63, 3.8) is 0 Å². The number of sulfonamides is 1. The molecule has 1 N–H and O–H groups in total. The summed E-state index contributed by atoms with van der Waals surface area (Å²) in [5.74, 6) is 0.838. The molecule has 0 aliphatic rings. The maximum Gasteiger partial charge on any atom is 0.241 e. The van der Waals surface area contributed by atoms with Crippen LogP contribution in [0.3, 0.4) is 0 Å². The van der Waals surface area contributed by atoms with Gasteiger partial charge >= 0.3 is 0 Å². The van der Waals surface area contributed by atoms with Crippen molar-refractivity contribution < 1.29 is 13.2 Å². The smallest absolute Gasteiger partial charge is 0.241 e. The van der Waals surface area contributed by atoms with E-state index in [2.05, 4.69) is 4.72 Å². The van der Waals surface area contributed by atoms with E-state index in [-0.39, 0.29) is 17.0 Å². The SMILES string of the molecule is CCc1cc(CCNS(=O)(=O)c2ccccc2C#N)ccc1OC. The van der Waals surface area contributed by atoms with Crippen LogP contribution in [0, 0.1) is 11.3 Å². The van der Waals surface area contributed by atoms with E-state index in [0.717, 1.165) is 23.3 Å². The summed E-state index contributed by atoms with van der Waals surface area (Å²) in [7, 11) is -2.07. The maximum atomic E-state index is 12.3. The van der Waals surface area contributed by atoms with Crippen LogP contribution in [-0.2, 0) is 22.9 Å². The summed E-state index contributed by atoms with van der Waals surface area (Å²) in [6.07, 6.45) is 1.41. The number of benzene rings is 2. The van der Waals surface area contributed by atoms with Crippen molar-refractivity contribution in [2.75, 3.05) is 13.7 Å². The Morgan fingerprint density at radius 2 is 1.96 bits per heavy atom. The molecule has 0 spiro atoms. The Balaban J connectivity index is 2.07. The highest BCUT2D eigenvalue weighted by molar-refractivity contribution is 7.89. The van der Waals surface area contributed by atoms with E-state index in [1.54, 1.807) is 19.2 Å². The Kier molecular flexibility index (Phi) is 5.96. The van der Waals surface area contributed by atoms with Crippen molar-refractivity contribution in [2.24, 2.45) is 0 Å². The lowest BCUT2D eigenvalue weighted by molar-refractivity contribution is 0.410. The van der Waals surface area contributed by atoms with Gasteiger partial charge in [-0.05, 0) is 42.2 Å². The van der Waals surface area contributed by atoms with Crippen LogP contribution in [0.4, 0.5) is 0 Å². The molecule has 24 heavy (non-hydrogen) atoms. The third-order valence-corrected chi connectivity index (χ3v) is 5.25. The average molecular weight is 344 g/mol. The normalized spacial score (nSPS) is 11.0. The lowest BCUT2D eigenvalue weighted by Gasteiger charge is -2.11. The van der Waals surface area contributed by atoms with Gasteiger partial charge < -0.3 is 4.74 Å². The highest BCUT2D eigenvalue weighted by Gasteiger charge is 2.17. The molecule has 0 aliphatic heterocycles. The molecule has 0 unspecified atom stereocenters. The molecule has 0 radical (unpaired) electrons. The van der Waals surface area contributed by atoms with E-state index in [1.807, 2.05) is 31.2 Å². The first-order chi connectivity index (χ1) is 11.5. The zero-order valence-electron chi connectivity index (χ0n) is 13.7. The van der Waals surface area contributed by atoms with Gasteiger partial charge in [0, 0.05) is 6.54 Å². The minimum atomic E-state index is -3.70. The Labute approximate surface area is 142 Å². The fraction of sp³-hybridized carbons (Fsp3) is 0.278. The minimum absolute atomic E-state index is 0.0106. The lowest BCUT2D eigenvalue weighted by atomic mass is 10.1. The zero-order chi connectivity index (χ0) is 17.6. The second kappa shape index (κ2) is 7.95. The van der Waals surface area contributed by atoms with Crippen LogP contribution in [0.25, 0.3) is 0 Å². The van der Waals surface area contributed by atoms with Gasteiger partial charge in [-0.15, -0.1) is 0 Å². The molecule has 6 heteroatoms. The van der Waals surface area contributed by atoms with Gasteiger partial charge in [0.15, 0.2) is 0 Å². The monoisotopic (exact) mass is 344 g/mol. The van der Waals surface area contributed by atoms with E-state index in [9.17, 15) is 8.42 Å². The summed E-state index contributed by atoms with van der Waals surface area (Å²) >= 11 is 0. The summed E-state index contributed by atoms with van der Waals surface area (Å²) < 4.78 is 32.5. The van der Waals surface area contributed by atoms with E-state index in [1.165, 1.54) is 12.1 Å². The summed E-state index contributed by atoms with van der Waals surface area (Å²) in [6, 6.07) is 13.9. The standard InChI is InChI=1S/C18H20N2O3S/c1-3-15-12-14(8-9-17(15)23-2)10-11-20-24(21,22)18-7-5-4-6-16(18)13-19/h4-9,12,20H,3,10-11H2,1-2H3. The second-order valence-corrected chi connectivity index (χ2v) is 6.99. The van der Waals surface area contributed by atoms with Gasteiger partial charge in [0.1, 0.15) is 11.8 Å². The van der Waals surface area contributed by atoms with Crippen molar-refractivity contribution in [3.05, 3.63) is 59.2 Å². The number of nitriles is 1. The Morgan fingerprint density at radius 3 is 2.62 bits per heavy atom. The number of hydrogen-bond donors (Lipinski definition) is 1. The lowest BCUT2D eigenvalue weighted by Crippen LogP contribution is -2.26. The molecule has 5 nitrogen and oxygen atoms in total. The largest absolute Gasteiger partial charge is 0.496 e. The maximum absolute atomic E-state index is 12.3. The molecule has 0 aliphatic carbocycles. The summed E-state index contributed by atoms with van der Waals surface area (Å²) in [5, 5.41) is 9.04. The molecule has 0 heterocycles. The van der Waals surface area contributed by atoms with Crippen LogP contribution in [0.15, 0.2) is 47.4 Å². The molecule has 0 atom stereocenters. The first kappa shape index (κ1) is 18.0. The molecule has 0 aromatic heterocycles. The van der Waals surface area contributed by atoms with Crippen LogP contribution < -0.4 is 9.46 Å². The summed E-state index contributed by atoms with van der Waals surface area (Å²) in [5.41, 5.74) is 2.26. The van der Waals surface area contributed by atoms with Gasteiger partial charge in [-0.2, -0.15) is 5.26 Å². The van der Waals surface area contributed by atoms with Crippen LogP contribution in [-0.4, -0.2) is 22.1 Å². The van der Waals surface area contributed by atoms with Gasteiger partial charge in [0.2, 0.25) is 10.0 Å². The van der Waals surface area contributed by atoms with Gasteiger partial charge in [0.25, 0.3) is 0 Å². The molecule has 2 rings (SSSR count). The molecule has 2 aromatic rings. The molecular weight excluding hydrogens is 324 g/mol. The van der Waals surface area contributed by atoms with E-state index in [0.29, 0.717) is 6.42 Å². The third-order valence-electron chi connectivity index (χ3n) is 3.73. The molecule has 0 saturated heterocycles. The third kappa shape index (κ3) is 4.13. The molecular formula is C18H20N2O3S. The molecule has 126 valence electrons. The number of rotatable bonds is 7. The molecule has 0 saturated carbocycles. The topological polar surface area (TPSA) is 79.2 Å². The van der Waals surface area contributed by atoms with Gasteiger partial charge in [-0.3, -0.25) is 0 Å². The van der Waals surface area contributed by atoms with Gasteiger partial charge in [-0.25, -0.2) is 13.1 Å². The van der Waals surface area contributed by atoms with Crippen LogP contribution >= 0.6 is 0 Å².